The number of thioether (sulfide) groups is 1. The molecule has 3 nitrogen and oxygen atoms in total. The number of rotatable bonds is 1. The molecule has 1 rings (SSSR count). The molecule has 14 heavy (non-hydrogen) atoms. The van der Waals surface area contributed by atoms with Gasteiger partial charge in [0.2, 0.25) is 5.91 Å². The maximum absolute atomic E-state index is 11.7. The zero-order chi connectivity index (χ0) is 10.9. The normalized spacial score (nSPS) is 20.4. The highest BCUT2D eigenvalue weighted by atomic mass is 32.2. The Morgan fingerprint density at radius 2 is 2.07 bits per heavy atom. The highest BCUT2D eigenvalue weighted by Gasteiger charge is 2.35. The molecule has 0 aliphatic carbocycles. The summed E-state index contributed by atoms with van der Waals surface area (Å²) in [5.74, 6) is -0.585. The summed E-state index contributed by atoms with van der Waals surface area (Å²) in [4.78, 5) is 24.5. The van der Waals surface area contributed by atoms with Gasteiger partial charge in [0.05, 0.1) is 4.91 Å². The van der Waals surface area contributed by atoms with E-state index in [-0.39, 0.29) is 11.8 Å². The minimum Gasteiger partial charge on any atom is -0.274 e. The second-order valence-corrected chi connectivity index (χ2v) is 4.63. The number of amides is 2. The molecule has 1 fully saturated rings. The van der Waals surface area contributed by atoms with E-state index in [2.05, 4.69) is 0 Å². The number of carbonyl (C=O) groups excluding carboxylic acids is 2. The number of thiocarbonyl (C=S) groups is 1. The molecule has 1 aliphatic rings. The molecule has 0 unspecified atom stereocenters. The van der Waals surface area contributed by atoms with Gasteiger partial charge in [-0.3, -0.25) is 9.59 Å². The molecule has 0 aromatic heterocycles. The van der Waals surface area contributed by atoms with Crippen LogP contribution in [-0.2, 0) is 9.59 Å². The van der Waals surface area contributed by atoms with Crippen molar-refractivity contribution in [3.8, 4) is 0 Å². The summed E-state index contributed by atoms with van der Waals surface area (Å²) in [6, 6.07) is 0. The van der Waals surface area contributed by atoms with E-state index in [0.717, 1.165) is 16.9 Å². The third-order valence-corrected chi connectivity index (χ3v) is 3.52. The molecule has 76 valence electrons. The van der Waals surface area contributed by atoms with Gasteiger partial charge in [-0.2, -0.15) is 0 Å². The number of imide groups is 1. The highest BCUT2D eigenvalue weighted by molar-refractivity contribution is 8.26. The Bertz CT molecular complexity index is 347. The zero-order valence-electron chi connectivity index (χ0n) is 8.29. The van der Waals surface area contributed by atoms with E-state index >= 15 is 0 Å². The first-order valence-corrected chi connectivity index (χ1v) is 5.48. The van der Waals surface area contributed by atoms with Crippen molar-refractivity contribution in [3.63, 3.8) is 0 Å². The molecule has 0 saturated carbocycles. The van der Waals surface area contributed by atoms with Gasteiger partial charge in [0.1, 0.15) is 0 Å². The average molecular weight is 229 g/mol. The summed E-state index contributed by atoms with van der Waals surface area (Å²) in [6.07, 6.45) is 0.794. The zero-order valence-corrected chi connectivity index (χ0v) is 9.92. The quantitative estimate of drug-likeness (QED) is 0.509. The van der Waals surface area contributed by atoms with Gasteiger partial charge in [-0.15, -0.1) is 0 Å². The van der Waals surface area contributed by atoms with E-state index in [1.54, 1.807) is 0 Å². The lowest BCUT2D eigenvalue weighted by molar-refractivity contribution is -0.135. The Kier molecular flexibility index (Phi) is 3.44. The number of carbonyl (C=O) groups is 2. The fourth-order valence-electron chi connectivity index (χ4n) is 1.06. The number of hydrogen-bond acceptors (Lipinski definition) is 4. The molecule has 0 aromatic rings. The van der Waals surface area contributed by atoms with Gasteiger partial charge in [0.25, 0.3) is 5.91 Å². The predicted molar refractivity (Wildman–Crippen MR) is 60.7 cm³/mol. The smallest absolute Gasteiger partial charge is 0.272 e. The van der Waals surface area contributed by atoms with Crippen LogP contribution in [0, 0.1) is 0 Å². The molecule has 1 aliphatic heterocycles. The minimum absolute atomic E-state index is 0.271. The first-order chi connectivity index (χ1) is 6.49. The summed E-state index contributed by atoms with van der Waals surface area (Å²) in [5, 5.41) is 0. The highest BCUT2D eigenvalue weighted by Crippen LogP contribution is 2.33. The second kappa shape index (κ2) is 4.23. The van der Waals surface area contributed by atoms with Crippen LogP contribution < -0.4 is 0 Å². The molecule has 0 N–H and O–H groups in total. The first kappa shape index (κ1) is 11.4. The lowest BCUT2D eigenvalue weighted by atomic mass is 10.2. The van der Waals surface area contributed by atoms with Crippen molar-refractivity contribution in [1.82, 2.24) is 4.90 Å². The van der Waals surface area contributed by atoms with Crippen LogP contribution in [0.1, 0.15) is 27.2 Å². The van der Waals surface area contributed by atoms with Crippen molar-refractivity contribution in [1.29, 1.82) is 0 Å². The van der Waals surface area contributed by atoms with Crippen molar-refractivity contribution in [3.05, 3.63) is 10.5 Å². The molecular formula is C9H11NO2S2. The van der Waals surface area contributed by atoms with Gasteiger partial charge in [-0.1, -0.05) is 36.5 Å². The van der Waals surface area contributed by atoms with Gasteiger partial charge in [-0.05, 0) is 13.3 Å². The van der Waals surface area contributed by atoms with Gasteiger partial charge in [0.15, 0.2) is 4.32 Å². The van der Waals surface area contributed by atoms with E-state index < -0.39 is 0 Å². The van der Waals surface area contributed by atoms with E-state index in [0.29, 0.717) is 9.23 Å². The van der Waals surface area contributed by atoms with Crippen LogP contribution in [0.4, 0.5) is 0 Å². The Morgan fingerprint density at radius 3 is 2.43 bits per heavy atom. The Balaban J connectivity index is 3.08. The van der Waals surface area contributed by atoms with Crippen molar-refractivity contribution in [2.45, 2.75) is 27.2 Å². The van der Waals surface area contributed by atoms with Crippen molar-refractivity contribution in [2.75, 3.05) is 0 Å². The lowest BCUT2D eigenvalue weighted by Gasteiger charge is -2.08. The van der Waals surface area contributed by atoms with Gasteiger partial charge < -0.3 is 0 Å². The average Bonchev–Trinajstić information content (AvgIpc) is 2.40. The third-order valence-electron chi connectivity index (χ3n) is 2.00. The van der Waals surface area contributed by atoms with E-state index in [9.17, 15) is 9.59 Å². The Hall–Kier alpha value is -0.680. The second-order valence-electron chi connectivity index (χ2n) is 2.99. The molecule has 1 saturated heterocycles. The van der Waals surface area contributed by atoms with Crippen molar-refractivity contribution < 1.29 is 9.59 Å². The van der Waals surface area contributed by atoms with Crippen LogP contribution in [0.5, 0.6) is 0 Å². The summed E-state index contributed by atoms with van der Waals surface area (Å²) in [6.45, 7) is 5.19. The minimum atomic E-state index is -0.314. The number of nitrogens with zero attached hydrogens (tertiary/aromatic N) is 1. The summed E-state index contributed by atoms with van der Waals surface area (Å²) >= 11 is 6.16. The molecule has 0 bridgehead atoms. The standard InChI is InChI=1S/C9H11NO2S2/c1-4-5(2)7-8(12)10(6(3)11)9(13)14-7/h4H2,1-3H3. The van der Waals surface area contributed by atoms with Crippen LogP contribution in [0.3, 0.4) is 0 Å². The van der Waals surface area contributed by atoms with Gasteiger partial charge in [0, 0.05) is 6.92 Å². The van der Waals surface area contributed by atoms with Gasteiger partial charge >= 0.3 is 0 Å². The molecule has 0 radical (unpaired) electrons. The first-order valence-electron chi connectivity index (χ1n) is 4.25. The van der Waals surface area contributed by atoms with Crippen LogP contribution >= 0.6 is 24.0 Å². The Morgan fingerprint density at radius 1 is 1.50 bits per heavy atom. The lowest BCUT2D eigenvalue weighted by Crippen LogP contribution is -2.32. The van der Waals surface area contributed by atoms with Crippen LogP contribution in [0.2, 0.25) is 0 Å². The van der Waals surface area contributed by atoms with Crippen LogP contribution in [0.25, 0.3) is 0 Å². The summed E-state index contributed by atoms with van der Waals surface area (Å²) in [5.41, 5.74) is 0.978. The topological polar surface area (TPSA) is 37.4 Å². The molecule has 1 heterocycles. The molecule has 0 aromatic carbocycles. The van der Waals surface area contributed by atoms with Crippen molar-refractivity contribution >= 4 is 40.1 Å². The largest absolute Gasteiger partial charge is 0.274 e. The van der Waals surface area contributed by atoms with E-state index in [4.69, 9.17) is 12.2 Å². The molecule has 0 atom stereocenters. The third kappa shape index (κ3) is 1.88. The van der Waals surface area contributed by atoms with E-state index in [1.165, 1.54) is 18.7 Å². The maximum atomic E-state index is 11.7. The number of hydrogen-bond donors (Lipinski definition) is 0. The van der Waals surface area contributed by atoms with Crippen molar-refractivity contribution in [2.24, 2.45) is 0 Å². The van der Waals surface area contributed by atoms with Crippen LogP contribution in [-0.4, -0.2) is 21.0 Å². The Labute approximate surface area is 92.5 Å². The summed E-state index contributed by atoms with van der Waals surface area (Å²) in [7, 11) is 0. The molecule has 0 spiro atoms. The van der Waals surface area contributed by atoms with Gasteiger partial charge in [-0.25, -0.2) is 4.90 Å². The molecule has 2 amide bonds. The predicted octanol–water partition coefficient (Wildman–Crippen LogP) is 2.08. The fraction of sp³-hybridized carbons (Fsp3) is 0.444. The van der Waals surface area contributed by atoms with Crippen LogP contribution in [0.15, 0.2) is 10.5 Å². The van der Waals surface area contributed by atoms with E-state index in [1.807, 2.05) is 13.8 Å². The maximum Gasteiger partial charge on any atom is 0.272 e. The SMILES string of the molecule is CCC(C)=C1SC(=S)N(C(C)=O)C1=O. The monoisotopic (exact) mass is 229 g/mol. The molecule has 5 heteroatoms. The summed E-state index contributed by atoms with van der Waals surface area (Å²) < 4.78 is 0.338. The number of allylic oxidation sites excluding steroid dienone is 1. The molecular weight excluding hydrogens is 218 g/mol. The fourth-order valence-corrected chi connectivity index (χ4v) is 2.50.